The molecule has 2 rings (SSSR count). The summed E-state index contributed by atoms with van der Waals surface area (Å²) in [5.74, 6) is 0.590. The predicted octanol–water partition coefficient (Wildman–Crippen LogP) is 3.41. The molecule has 0 saturated carbocycles. The molecule has 0 aliphatic carbocycles. The van der Waals surface area contributed by atoms with Gasteiger partial charge in [0.15, 0.2) is 0 Å². The molecule has 0 bridgehead atoms. The van der Waals surface area contributed by atoms with Gasteiger partial charge in [0.1, 0.15) is 0 Å². The molecule has 4 nitrogen and oxygen atoms in total. The molecule has 2 aromatic heterocycles. The number of thiazole rings is 1. The summed E-state index contributed by atoms with van der Waals surface area (Å²) in [5.41, 5.74) is 0. The van der Waals surface area contributed by atoms with Crippen LogP contribution in [0.3, 0.4) is 0 Å². The van der Waals surface area contributed by atoms with E-state index in [4.69, 9.17) is 0 Å². The van der Waals surface area contributed by atoms with Gasteiger partial charge in [0, 0.05) is 41.4 Å². The van der Waals surface area contributed by atoms with Gasteiger partial charge in [-0.3, -0.25) is 0 Å². The van der Waals surface area contributed by atoms with Crippen molar-refractivity contribution in [3.05, 3.63) is 39.0 Å². The number of thiophene rings is 1. The number of urea groups is 1. The van der Waals surface area contributed by atoms with Crippen LogP contribution in [0.5, 0.6) is 0 Å². The molecular formula is C14H19N3OS2. The Hall–Kier alpha value is -1.40. The summed E-state index contributed by atoms with van der Waals surface area (Å²) < 4.78 is 0. The molecule has 0 unspecified atom stereocenters. The van der Waals surface area contributed by atoms with E-state index in [1.54, 1.807) is 28.9 Å². The smallest absolute Gasteiger partial charge is 0.314 e. The van der Waals surface area contributed by atoms with Crippen LogP contribution in [0, 0.1) is 0 Å². The zero-order valence-corrected chi connectivity index (χ0v) is 13.3. The van der Waals surface area contributed by atoms with Gasteiger partial charge < -0.3 is 10.6 Å². The van der Waals surface area contributed by atoms with Crippen LogP contribution in [0.25, 0.3) is 0 Å². The van der Waals surface area contributed by atoms with E-state index in [0.717, 1.165) is 5.01 Å². The molecule has 6 heteroatoms. The summed E-state index contributed by atoms with van der Waals surface area (Å²) in [5, 5.41) is 10.9. The molecular weight excluding hydrogens is 290 g/mol. The van der Waals surface area contributed by atoms with Crippen molar-refractivity contribution < 1.29 is 4.79 Å². The second-order valence-electron chi connectivity index (χ2n) is 4.78. The van der Waals surface area contributed by atoms with E-state index in [1.807, 2.05) is 11.4 Å². The van der Waals surface area contributed by atoms with E-state index < -0.39 is 0 Å². The van der Waals surface area contributed by atoms with Gasteiger partial charge in [0.2, 0.25) is 0 Å². The van der Waals surface area contributed by atoms with Crippen molar-refractivity contribution >= 4 is 28.7 Å². The minimum Gasteiger partial charge on any atom is -0.338 e. The first-order valence-electron chi connectivity index (χ1n) is 6.61. The SMILES string of the molecule is C[C@@H](CNC(=O)NC[C@H](C)c1nccs1)c1cccs1. The van der Waals surface area contributed by atoms with Gasteiger partial charge in [-0.1, -0.05) is 19.9 Å². The summed E-state index contributed by atoms with van der Waals surface area (Å²) in [6.07, 6.45) is 1.79. The Morgan fingerprint density at radius 3 is 2.55 bits per heavy atom. The van der Waals surface area contributed by atoms with Gasteiger partial charge in [-0.05, 0) is 11.4 Å². The average Bonchev–Trinajstić information content (AvgIpc) is 3.14. The molecule has 0 fully saturated rings. The summed E-state index contributed by atoms with van der Waals surface area (Å²) in [6, 6.07) is 4.02. The second kappa shape index (κ2) is 7.40. The minimum atomic E-state index is -0.114. The molecule has 20 heavy (non-hydrogen) atoms. The van der Waals surface area contributed by atoms with Crippen molar-refractivity contribution in [1.82, 2.24) is 15.6 Å². The number of rotatable bonds is 6. The van der Waals surface area contributed by atoms with E-state index in [1.165, 1.54) is 4.88 Å². The zero-order valence-electron chi connectivity index (χ0n) is 11.6. The fraction of sp³-hybridized carbons (Fsp3) is 0.429. The number of carbonyl (C=O) groups excluding carboxylic acids is 1. The molecule has 0 saturated heterocycles. The largest absolute Gasteiger partial charge is 0.338 e. The van der Waals surface area contributed by atoms with Crippen LogP contribution in [0.15, 0.2) is 29.1 Å². The molecule has 0 aliphatic rings. The van der Waals surface area contributed by atoms with E-state index in [0.29, 0.717) is 19.0 Å². The Morgan fingerprint density at radius 1 is 1.20 bits per heavy atom. The fourth-order valence-electron chi connectivity index (χ4n) is 1.79. The van der Waals surface area contributed by atoms with Crippen LogP contribution in [0.4, 0.5) is 4.79 Å². The molecule has 0 aliphatic heterocycles. The van der Waals surface area contributed by atoms with Crippen molar-refractivity contribution in [3.8, 4) is 0 Å². The summed E-state index contributed by atoms with van der Waals surface area (Å²) in [7, 11) is 0. The lowest BCUT2D eigenvalue weighted by atomic mass is 10.1. The van der Waals surface area contributed by atoms with Crippen molar-refractivity contribution in [2.75, 3.05) is 13.1 Å². The lowest BCUT2D eigenvalue weighted by molar-refractivity contribution is 0.240. The highest BCUT2D eigenvalue weighted by molar-refractivity contribution is 7.10. The van der Waals surface area contributed by atoms with Crippen LogP contribution >= 0.6 is 22.7 Å². The maximum atomic E-state index is 11.8. The van der Waals surface area contributed by atoms with Crippen LogP contribution < -0.4 is 10.6 Å². The van der Waals surface area contributed by atoms with Crippen LogP contribution in [-0.2, 0) is 0 Å². The van der Waals surface area contributed by atoms with Crippen LogP contribution in [0.1, 0.15) is 35.6 Å². The van der Waals surface area contributed by atoms with Crippen LogP contribution in [0.2, 0.25) is 0 Å². The summed E-state index contributed by atoms with van der Waals surface area (Å²) >= 11 is 3.34. The van der Waals surface area contributed by atoms with Crippen molar-refractivity contribution in [1.29, 1.82) is 0 Å². The molecule has 2 N–H and O–H groups in total. The molecule has 0 spiro atoms. The minimum absolute atomic E-state index is 0.114. The first-order chi connectivity index (χ1) is 9.66. The van der Waals surface area contributed by atoms with Crippen molar-refractivity contribution in [3.63, 3.8) is 0 Å². The number of hydrogen-bond acceptors (Lipinski definition) is 4. The average molecular weight is 309 g/mol. The molecule has 2 amide bonds. The highest BCUT2D eigenvalue weighted by atomic mass is 32.1. The number of hydrogen-bond donors (Lipinski definition) is 2. The van der Waals surface area contributed by atoms with E-state index in [-0.39, 0.29) is 11.9 Å². The Labute approximate surface area is 127 Å². The highest BCUT2D eigenvalue weighted by Crippen LogP contribution is 2.19. The van der Waals surface area contributed by atoms with Crippen LogP contribution in [-0.4, -0.2) is 24.1 Å². The molecule has 108 valence electrons. The highest BCUT2D eigenvalue weighted by Gasteiger charge is 2.11. The van der Waals surface area contributed by atoms with Gasteiger partial charge in [-0.25, -0.2) is 9.78 Å². The summed E-state index contributed by atoms with van der Waals surface area (Å²) in [4.78, 5) is 17.3. The molecule has 2 aromatic rings. The van der Waals surface area contributed by atoms with Crippen molar-refractivity contribution in [2.24, 2.45) is 0 Å². The van der Waals surface area contributed by atoms with Gasteiger partial charge in [-0.2, -0.15) is 0 Å². The van der Waals surface area contributed by atoms with E-state index >= 15 is 0 Å². The number of nitrogens with one attached hydrogen (secondary N) is 2. The first-order valence-corrected chi connectivity index (χ1v) is 8.37. The van der Waals surface area contributed by atoms with Gasteiger partial charge in [-0.15, -0.1) is 22.7 Å². The quantitative estimate of drug-likeness (QED) is 0.859. The Balaban J connectivity index is 1.68. The normalized spacial score (nSPS) is 13.7. The predicted molar refractivity (Wildman–Crippen MR) is 84.7 cm³/mol. The van der Waals surface area contributed by atoms with Crippen molar-refractivity contribution in [2.45, 2.75) is 25.7 Å². The third-order valence-electron chi connectivity index (χ3n) is 3.04. The first kappa shape index (κ1) is 15.0. The Morgan fingerprint density at radius 2 is 1.95 bits per heavy atom. The zero-order chi connectivity index (χ0) is 14.4. The van der Waals surface area contributed by atoms with Gasteiger partial charge in [0.05, 0.1) is 5.01 Å². The summed E-state index contributed by atoms with van der Waals surface area (Å²) in [6.45, 7) is 5.43. The molecule has 0 radical (unpaired) electrons. The third-order valence-corrected chi connectivity index (χ3v) is 5.15. The van der Waals surface area contributed by atoms with Gasteiger partial charge in [0.25, 0.3) is 0 Å². The monoisotopic (exact) mass is 309 g/mol. The standard InChI is InChI=1S/C14H19N3OS2/c1-10(12-4-3-6-19-12)8-16-14(18)17-9-11(2)13-15-5-7-20-13/h3-7,10-11H,8-9H2,1-2H3,(H2,16,17,18)/t10-,11-/m0/s1. The topological polar surface area (TPSA) is 54.0 Å². The third kappa shape index (κ3) is 4.31. The van der Waals surface area contributed by atoms with E-state index in [2.05, 4.69) is 40.9 Å². The molecule has 0 aromatic carbocycles. The maximum absolute atomic E-state index is 11.8. The Bertz CT molecular complexity index is 464. The lowest BCUT2D eigenvalue weighted by Crippen LogP contribution is -2.38. The van der Waals surface area contributed by atoms with E-state index in [9.17, 15) is 4.79 Å². The Kier molecular flexibility index (Phi) is 5.55. The number of amides is 2. The fourth-order valence-corrected chi connectivity index (χ4v) is 3.28. The maximum Gasteiger partial charge on any atom is 0.314 e. The van der Waals surface area contributed by atoms with Gasteiger partial charge >= 0.3 is 6.03 Å². The number of nitrogens with zero attached hydrogens (tertiary/aromatic N) is 1. The number of carbonyl (C=O) groups is 1. The molecule has 2 atom stereocenters. The number of aromatic nitrogens is 1. The second-order valence-corrected chi connectivity index (χ2v) is 6.68. The molecule has 2 heterocycles. The lowest BCUT2D eigenvalue weighted by Gasteiger charge is -2.13.